The van der Waals surface area contributed by atoms with E-state index in [1.165, 1.54) is 48.5 Å². The molecule has 0 saturated heterocycles. The first-order valence-electron chi connectivity index (χ1n) is 13.7. The molecule has 0 heterocycles. The second kappa shape index (κ2) is 12.4. The highest BCUT2D eigenvalue weighted by molar-refractivity contribution is 6.13. The average Bonchev–Trinajstić information content (AvgIpc) is 2.95. The standard InChI is InChI=1S/C32H24F12N2O2/c1-17(15-27(47,29(33,34)35)30(36,37)38)45-23-13-11-19-7-3-5-9-21(19)25(23)26-22-10-6-4-8-20(22)12-14-24(26)46-18(2)16-28(48,31(39,40)41)32(42,43)44/h3-14,47-48H,15-16H2,1-2H3. The van der Waals surface area contributed by atoms with Crippen LogP contribution in [0.25, 0.3) is 32.7 Å². The van der Waals surface area contributed by atoms with Gasteiger partial charge in [-0.15, -0.1) is 0 Å². The molecule has 0 radical (unpaired) electrons. The molecule has 0 unspecified atom stereocenters. The Morgan fingerprint density at radius 3 is 1.06 bits per heavy atom. The fraction of sp³-hybridized carbons (Fsp3) is 0.312. The first kappa shape index (κ1) is 36.7. The summed E-state index contributed by atoms with van der Waals surface area (Å²) in [5.74, 6) is 0. The lowest BCUT2D eigenvalue weighted by Crippen LogP contribution is -2.57. The first-order chi connectivity index (χ1) is 21.9. The quantitative estimate of drug-likeness (QED) is 0.149. The van der Waals surface area contributed by atoms with E-state index in [-0.39, 0.29) is 22.5 Å². The van der Waals surface area contributed by atoms with E-state index in [0.29, 0.717) is 21.5 Å². The summed E-state index contributed by atoms with van der Waals surface area (Å²) in [4.78, 5) is 8.04. The molecule has 0 aliphatic carbocycles. The molecule has 258 valence electrons. The number of rotatable bonds is 7. The van der Waals surface area contributed by atoms with E-state index >= 15 is 0 Å². The van der Waals surface area contributed by atoms with Crippen LogP contribution in [0.4, 0.5) is 64.1 Å². The molecular weight excluding hydrogens is 672 g/mol. The molecule has 0 bridgehead atoms. The SMILES string of the molecule is CC(CC(O)(C(F)(F)F)C(F)(F)F)=Nc1ccc2ccccc2c1-c1c(N=C(C)CC(O)(C(F)(F)F)C(F)(F)F)ccc2ccccc12. The van der Waals surface area contributed by atoms with Crippen molar-refractivity contribution in [3.8, 4) is 11.1 Å². The van der Waals surface area contributed by atoms with Crippen LogP contribution in [0.5, 0.6) is 0 Å². The monoisotopic (exact) mass is 696 g/mol. The van der Waals surface area contributed by atoms with Crippen LogP contribution in [0.2, 0.25) is 0 Å². The molecule has 0 aliphatic rings. The number of aliphatic hydroxyl groups is 2. The Labute approximate surface area is 264 Å². The third-order valence-electron chi connectivity index (χ3n) is 7.59. The fourth-order valence-electron chi connectivity index (χ4n) is 5.19. The van der Waals surface area contributed by atoms with Gasteiger partial charge in [0.05, 0.1) is 11.4 Å². The Bertz CT molecular complexity index is 1720. The number of nitrogens with zero attached hydrogens (tertiary/aromatic N) is 2. The zero-order valence-electron chi connectivity index (χ0n) is 24.7. The molecule has 0 atom stereocenters. The Balaban J connectivity index is 2.03. The summed E-state index contributed by atoms with van der Waals surface area (Å²) in [6, 6.07) is 17.9. The normalized spacial score (nSPS) is 14.7. The fourth-order valence-corrected chi connectivity index (χ4v) is 5.19. The number of halogens is 12. The highest BCUT2D eigenvalue weighted by atomic mass is 19.4. The summed E-state index contributed by atoms with van der Waals surface area (Å²) in [7, 11) is 0. The molecule has 0 amide bonds. The summed E-state index contributed by atoms with van der Waals surface area (Å²) < 4.78 is 162. The number of hydrogen-bond donors (Lipinski definition) is 2. The van der Waals surface area contributed by atoms with Crippen molar-refractivity contribution in [3.63, 3.8) is 0 Å². The smallest absolute Gasteiger partial charge is 0.373 e. The molecule has 4 aromatic rings. The molecule has 48 heavy (non-hydrogen) atoms. The maximum absolute atomic E-state index is 13.5. The summed E-state index contributed by atoms with van der Waals surface area (Å²) in [6.45, 7) is 1.64. The molecule has 0 fully saturated rings. The second-order valence-corrected chi connectivity index (χ2v) is 11.1. The number of fused-ring (bicyclic) bond motifs is 2. The lowest BCUT2D eigenvalue weighted by atomic mass is 9.90. The summed E-state index contributed by atoms with van der Waals surface area (Å²) in [5, 5.41) is 21.0. The van der Waals surface area contributed by atoms with Crippen molar-refractivity contribution in [2.24, 2.45) is 9.98 Å². The minimum Gasteiger partial charge on any atom is -0.373 e. The van der Waals surface area contributed by atoms with Gasteiger partial charge in [-0.2, -0.15) is 52.7 Å². The van der Waals surface area contributed by atoms with Crippen molar-refractivity contribution >= 4 is 44.3 Å². The molecule has 2 N–H and O–H groups in total. The predicted molar refractivity (Wildman–Crippen MR) is 156 cm³/mol. The highest BCUT2D eigenvalue weighted by Gasteiger charge is 2.71. The molecule has 0 aliphatic heterocycles. The zero-order valence-corrected chi connectivity index (χ0v) is 24.7. The van der Waals surface area contributed by atoms with E-state index in [9.17, 15) is 62.9 Å². The van der Waals surface area contributed by atoms with Gasteiger partial charge < -0.3 is 10.2 Å². The van der Waals surface area contributed by atoms with E-state index < -0.39 is 60.2 Å². The van der Waals surface area contributed by atoms with Crippen LogP contribution in [0.15, 0.2) is 82.8 Å². The number of aliphatic imine (C=N–C) groups is 2. The van der Waals surface area contributed by atoms with Crippen molar-refractivity contribution in [1.82, 2.24) is 0 Å². The van der Waals surface area contributed by atoms with Gasteiger partial charge in [-0.3, -0.25) is 9.98 Å². The Morgan fingerprint density at radius 2 is 0.771 bits per heavy atom. The number of benzene rings is 4. The molecule has 0 aromatic heterocycles. The highest BCUT2D eigenvalue weighted by Crippen LogP contribution is 2.49. The van der Waals surface area contributed by atoms with E-state index in [4.69, 9.17) is 0 Å². The topological polar surface area (TPSA) is 65.2 Å². The van der Waals surface area contributed by atoms with Crippen molar-refractivity contribution < 1.29 is 62.9 Å². The largest absolute Gasteiger partial charge is 0.426 e. The third-order valence-corrected chi connectivity index (χ3v) is 7.59. The summed E-state index contributed by atoms with van der Waals surface area (Å²) >= 11 is 0. The molecule has 4 rings (SSSR count). The number of alkyl halides is 12. The van der Waals surface area contributed by atoms with Crippen LogP contribution < -0.4 is 0 Å². The van der Waals surface area contributed by atoms with E-state index in [0.717, 1.165) is 13.8 Å². The minimum atomic E-state index is -6.14. The van der Waals surface area contributed by atoms with Gasteiger partial charge >= 0.3 is 24.7 Å². The van der Waals surface area contributed by atoms with Crippen molar-refractivity contribution in [2.75, 3.05) is 0 Å². The van der Waals surface area contributed by atoms with Gasteiger partial charge in [0.1, 0.15) is 0 Å². The maximum Gasteiger partial charge on any atom is 0.426 e. The lowest BCUT2D eigenvalue weighted by molar-refractivity contribution is -0.365. The number of hydrogen-bond acceptors (Lipinski definition) is 4. The van der Waals surface area contributed by atoms with Crippen LogP contribution in [-0.2, 0) is 0 Å². The van der Waals surface area contributed by atoms with E-state index in [1.807, 2.05) is 0 Å². The maximum atomic E-state index is 13.5. The van der Waals surface area contributed by atoms with Gasteiger partial charge in [0.25, 0.3) is 11.2 Å². The van der Waals surface area contributed by atoms with Crippen LogP contribution in [0.1, 0.15) is 26.7 Å². The van der Waals surface area contributed by atoms with Crippen molar-refractivity contribution in [2.45, 2.75) is 62.6 Å². The average molecular weight is 697 g/mol. The van der Waals surface area contributed by atoms with Crippen LogP contribution in [0, 0.1) is 0 Å². The lowest BCUT2D eigenvalue weighted by Gasteiger charge is -2.32. The Morgan fingerprint density at radius 1 is 0.479 bits per heavy atom. The van der Waals surface area contributed by atoms with Gasteiger partial charge in [0.15, 0.2) is 0 Å². The molecule has 4 aromatic carbocycles. The first-order valence-corrected chi connectivity index (χ1v) is 13.7. The molecule has 4 nitrogen and oxygen atoms in total. The van der Waals surface area contributed by atoms with Crippen LogP contribution >= 0.6 is 0 Å². The predicted octanol–water partition coefficient (Wildman–Crippen LogP) is 10.3. The van der Waals surface area contributed by atoms with Gasteiger partial charge in [-0.1, -0.05) is 60.7 Å². The van der Waals surface area contributed by atoms with Crippen LogP contribution in [-0.4, -0.2) is 57.5 Å². The van der Waals surface area contributed by atoms with Crippen molar-refractivity contribution in [3.05, 3.63) is 72.8 Å². The van der Waals surface area contributed by atoms with Gasteiger partial charge in [0, 0.05) is 35.4 Å². The van der Waals surface area contributed by atoms with Crippen LogP contribution in [0.3, 0.4) is 0 Å². The Kier molecular flexibility index (Phi) is 9.44. The third kappa shape index (κ3) is 6.72. The van der Waals surface area contributed by atoms with E-state index in [1.54, 1.807) is 24.3 Å². The zero-order chi connectivity index (χ0) is 36.1. The van der Waals surface area contributed by atoms with Gasteiger partial charge in [0.2, 0.25) is 0 Å². The van der Waals surface area contributed by atoms with Gasteiger partial charge in [-0.25, -0.2) is 0 Å². The summed E-state index contributed by atoms with van der Waals surface area (Å²) in [6.07, 6.45) is -28.6. The molecule has 0 spiro atoms. The van der Waals surface area contributed by atoms with Gasteiger partial charge in [-0.05, 0) is 47.5 Å². The molecule has 16 heteroatoms. The Hall–Kier alpha value is -4.18. The summed E-state index contributed by atoms with van der Waals surface area (Å²) in [5.41, 5.74) is -12.4. The molecule has 0 saturated carbocycles. The molecular formula is C32H24F12N2O2. The van der Waals surface area contributed by atoms with Crippen molar-refractivity contribution in [1.29, 1.82) is 0 Å². The van der Waals surface area contributed by atoms with E-state index in [2.05, 4.69) is 9.98 Å². The second-order valence-electron chi connectivity index (χ2n) is 11.1. The minimum absolute atomic E-state index is 0.0141.